The zero-order valence-corrected chi connectivity index (χ0v) is 13.6. The lowest BCUT2D eigenvalue weighted by Gasteiger charge is -2.05. The fourth-order valence-electron chi connectivity index (χ4n) is 2.44. The number of para-hydroxylation sites is 1. The lowest BCUT2D eigenvalue weighted by Crippen LogP contribution is -2.12. The molecule has 2 aromatic heterocycles. The molecule has 1 amide bonds. The van der Waals surface area contributed by atoms with E-state index in [0.717, 1.165) is 5.39 Å². The van der Waals surface area contributed by atoms with Crippen molar-refractivity contribution in [1.82, 2.24) is 15.2 Å². The zero-order valence-electron chi connectivity index (χ0n) is 12.8. The number of halogens is 1. The van der Waals surface area contributed by atoms with Crippen molar-refractivity contribution in [2.45, 2.75) is 0 Å². The maximum absolute atomic E-state index is 12.4. The SMILES string of the molecule is O=C(Nc1cccc2cccnc12)c1nnc(-c2ccccc2Cl)o1. The third-order valence-corrected chi connectivity index (χ3v) is 3.93. The predicted octanol–water partition coefficient (Wildman–Crippen LogP) is 4.19. The van der Waals surface area contributed by atoms with Gasteiger partial charge in [-0.2, -0.15) is 0 Å². The minimum absolute atomic E-state index is 0.150. The van der Waals surface area contributed by atoms with Crippen molar-refractivity contribution in [3.8, 4) is 11.5 Å². The molecule has 0 aliphatic heterocycles. The van der Waals surface area contributed by atoms with E-state index >= 15 is 0 Å². The van der Waals surface area contributed by atoms with Crippen LogP contribution in [0.15, 0.2) is 65.2 Å². The Balaban J connectivity index is 1.63. The molecule has 0 radical (unpaired) electrons. The number of hydrogen-bond donors (Lipinski definition) is 1. The number of fused-ring (bicyclic) bond motifs is 1. The van der Waals surface area contributed by atoms with E-state index in [9.17, 15) is 4.79 Å². The van der Waals surface area contributed by atoms with Gasteiger partial charge in [0.2, 0.25) is 5.89 Å². The average molecular weight is 351 g/mol. The molecule has 0 aliphatic carbocycles. The minimum Gasteiger partial charge on any atom is -0.412 e. The summed E-state index contributed by atoms with van der Waals surface area (Å²) in [4.78, 5) is 16.7. The summed E-state index contributed by atoms with van der Waals surface area (Å²) in [6.45, 7) is 0. The highest BCUT2D eigenvalue weighted by molar-refractivity contribution is 6.33. The molecule has 0 saturated heterocycles. The summed E-state index contributed by atoms with van der Waals surface area (Å²) in [6.07, 6.45) is 1.67. The second kappa shape index (κ2) is 6.33. The quantitative estimate of drug-likeness (QED) is 0.599. The molecular weight excluding hydrogens is 340 g/mol. The van der Waals surface area contributed by atoms with E-state index in [0.29, 0.717) is 21.8 Å². The predicted molar refractivity (Wildman–Crippen MR) is 94.4 cm³/mol. The Bertz CT molecular complexity index is 1070. The largest absolute Gasteiger partial charge is 0.412 e. The molecule has 122 valence electrons. The van der Waals surface area contributed by atoms with Gasteiger partial charge in [-0.3, -0.25) is 9.78 Å². The van der Waals surface area contributed by atoms with Crippen LogP contribution in [0.4, 0.5) is 5.69 Å². The molecule has 0 bridgehead atoms. The summed E-state index contributed by atoms with van der Waals surface area (Å²) in [7, 11) is 0. The van der Waals surface area contributed by atoms with Gasteiger partial charge in [0, 0.05) is 11.6 Å². The highest BCUT2D eigenvalue weighted by atomic mass is 35.5. The molecule has 0 saturated carbocycles. The highest BCUT2D eigenvalue weighted by Gasteiger charge is 2.18. The first kappa shape index (κ1) is 15.3. The third-order valence-electron chi connectivity index (χ3n) is 3.60. The number of nitrogens with zero attached hydrogens (tertiary/aromatic N) is 3. The Labute approximate surface area is 147 Å². The molecule has 7 heteroatoms. The van der Waals surface area contributed by atoms with Gasteiger partial charge in [0.05, 0.1) is 21.8 Å². The first-order valence-corrected chi connectivity index (χ1v) is 7.84. The monoisotopic (exact) mass is 350 g/mol. The minimum atomic E-state index is -0.510. The van der Waals surface area contributed by atoms with Crippen LogP contribution in [0.25, 0.3) is 22.4 Å². The van der Waals surface area contributed by atoms with Crippen LogP contribution in [0.1, 0.15) is 10.7 Å². The van der Waals surface area contributed by atoms with Crippen LogP contribution in [0.5, 0.6) is 0 Å². The second-order valence-electron chi connectivity index (χ2n) is 5.23. The van der Waals surface area contributed by atoms with Gasteiger partial charge in [-0.1, -0.05) is 41.9 Å². The molecule has 0 spiro atoms. The van der Waals surface area contributed by atoms with Gasteiger partial charge in [0.15, 0.2) is 0 Å². The van der Waals surface area contributed by atoms with E-state index in [4.69, 9.17) is 16.0 Å². The van der Waals surface area contributed by atoms with Crippen LogP contribution < -0.4 is 5.32 Å². The fraction of sp³-hybridized carbons (Fsp3) is 0. The summed E-state index contributed by atoms with van der Waals surface area (Å²) in [5.41, 5.74) is 1.83. The Morgan fingerprint density at radius 1 is 1.00 bits per heavy atom. The number of carbonyl (C=O) groups is 1. The maximum Gasteiger partial charge on any atom is 0.313 e. The number of aromatic nitrogens is 3. The molecular formula is C18H11ClN4O2. The Morgan fingerprint density at radius 2 is 1.84 bits per heavy atom. The zero-order chi connectivity index (χ0) is 17.2. The van der Waals surface area contributed by atoms with Crippen LogP contribution in [0.3, 0.4) is 0 Å². The van der Waals surface area contributed by atoms with Crippen molar-refractivity contribution < 1.29 is 9.21 Å². The maximum atomic E-state index is 12.4. The van der Waals surface area contributed by atoms with E-state index in [2.05, 4.69) is 20.5 Å². The summed E-state index contributed by atoms with van der Waals surface area (Å²) >= 11 is 6.11. The van der Waals surface area contributed by atoms with Crippen molar-refractivity contribution in [3.05, 3.63) is 71.7 Å². The number of pyridine rings is 1. The summed E-state index contributed by atoms with van der Waals surface area (Å²) in [6, 6.07) is 16.3. The Morgan fingerprint density at radius 3 is 2.72 bits per heavy atom. The van der Waals surface area contributed by atoms with Crippen LogP contribution >= 0.6 is 11.6 Å². The number of anilines is 1. The molecule has 0 fully saturated rings. The van der Waals surface area contributed by atoms with Crippen LogP contribution in [0.2, 0.25) is 5.02 Å². The number of nitrogens with one attached hydrogen (secondary N) is 1. The molecule has 4 rings (SSSR count). The molecule has 0 unspecified atom stereocenters. The van der Waals surface area contributed by atoms with Gasteiger partial charge >= 0.3 is 11.8 Å². The normalized spacial score (nSPS) is 10.8. The first-order valence-electron chi connectivity index (χ1n) is 7.46. The lowest BCUT2D eigenvalue weighted by atomic mass is 10.2. The van der Waals surface area contributed by atoms with E-state index in [1.54, 1.807) is 36.5 Å². The number of amides is 1. The van der Waals surface area contributed by atoms with E-state index < -0.39 is 5.91 Å². The Hall–Kier alpha value is -3.25. The van der Waals surface area contributed by atoms with Crippen LogP contribution in [-0.4, -0.2) is 21.1 Å². The van der Waals surface area contributed by atoms with Crippen LogP contribution in [-0.2, 0) is 0 Å². The van der Waals surface area contributed by atoms with Gasteiger partial charge in [-0.05, 0) is 24.3 Å². The number of hydrogen-bond acceptors (Lipinski definition) is 5. The van der Waals surface area contributed by atoms with E-state index in [1.807, 2.05) is 24.3 Å². The molecule has 2 heterocycles. The van der Waals surface area contributed by atoms with Gasteiger partial charge in [-0.15, -0.1) is 10.2 Å². The van der Waals surface area contributed by atoms with Gasteiger partial charge < -0.3 is 9.73 Å². The molecule has 0 atom stereocenters. The van der Waals surface area contributed by atoms with E-state index in [-0.39, 0.29) is 11.8 Å². The van der Waals surface area contributed by atoms with Gasteiger partial charge in [-0.25, -0.2) is 0 Å². The van der Waals surface area contributed by atoms with Gasteiger partial charge in [0.1, 0.15) is 0 Å². The van der Waals surface area contributed by atoms with Crippen LogP contribution in [0, 0.1) is 0 Å². The molecule has 4 aromatic rings. The lowest BCUT2D eigenvalue weighted by molar-refractivity contribution is 0.0991. The number of benzene rings is 2. The van der Waals surface area contributed by atoms with E-state index in [1.165, 1.54) is 0 Å². The Kier molecular flexibility index (Phi) is 3.87. The second-order valence-corrected chi connectivity index (χ2v) is 5.63. The van der Waals surface area contributed by atoms with Gasteiger partial charge in [0.25, 0.3) is 0 Å². The summed E-state index contributed by atoms with van der Waals surface area (Å²) in [5.74, 6) is -0.474. The first-order chi connectivity index (χ1) is 12.2. The number of carbonyl (C=O) groups excluding carboxylic acids is 1. The summed E-state index contributed by atoms with van der Waals surface area (Å²) < 4.78 is 5.46. The van der Waals surface area contributed by atoms with Crippen molar-refractivity contribution in [2.75, 3.05) is 5.32 Å². The average Bonchev–Trinajstić information content (AvgIpc) is 3.12. The molecule has 1 N–H and O–H groups in total. The standard InChI is InChI=1S/C18H11ClN4O2/c19-13-8-2-1-7-12(13)17-22-23-18(25-17)16(24)21-14-9-3-5-11-6-4-10-20-15(11)14/h1-10H,(H,21,24). The number of rotatable bonds is 3. The van der Waals surface area contributed by atoms with Crippen molar-refractivity contribution >= 4 is 34.1 Å². The molecule has 2 aromatic carbocycles. The fourth-order valence-corrected chi connectivity index (χ4v) is 2.66. The topological polar surface area (TPSA) is 80.9 Å². The highest BCUT2D eigenvalue weighted by Crippen LogP contribution is 2.27. The van der Waals surface area contributed by atoms with Crippen molar-refractivity contribution in [3.63, 3.8) is 0 Å². The molecule has 25 heavy (non-hydrogen) atoms. The molecule has 6 nitrogen and oxygen atoms in total. The summed E-state index contributed by atoms with van der Waals surface area (Å²) in [5, 5.41) is 11.8. The smallest absolute Gasteiger partial charge is 0.313 e. The van der Waals surface area contributed by atoms with Crippen molar-refractivity contribution in [1.29, 1.82) is 0 Å². The molecule has 0 aliphatic rings. The third kappa shape index (κ3) is 2.95. The van der Waals surface area contributed by atoms with Crippen molar-refractivity contribution in [2.24, 2.45) is 0 Å².